The van der Waals surface area contributed by atoms with Crippen molar-refractivity contribution < 1.29 is 27.4 Å². The molecule has 0 aliphatic carbocycles. The molecule has 0 radical (unpaired) electrons. The van der Waals surface area contributed by atoms with E-state index in [4.69, 9.17) is 4.74 Å². The largest absolute Gasteiger partial charge is 0.573 e. The van der Waals surface area contributed by atoms with E-state index in [2.05, 4.69) is 4.74 Å². The van der Waals surface area contributed by atoms with Crippen LogP contribution in [0.15, 0.2) is 42.5 Å². The Balaban J connectivity index is 2.14. The number of aryl methyl sites for hydroxylation is 2. The molecule has 6 heteroatoms. The Labute approximate surface area is 162 Å². The van der Waals surface area contributed by atoms with Crippen LogP contribution in [0, 0.1) is 13.8 Å². The van der Waals surface area contributed by atoms with Crippen molar-refractivity contribution in [3.63, 3.8) is 0 Å². The van der Waals surface area contributed by atoms with E-state index in [1.165, 1.54) is 18.2 Å². The summed E-state index contributed by atoms with van der Waals surface area (Å²) in [6.07, 6.45) is -1.70. The Morgan fingerprint density at radius 3 is 1.93 bits per heavy atom. The lowest BCUT2D eigenvalue weighted by atomic mass is 10.0. The highest BCUT2D eigenvalue weighted by Crippen LogP contribution is 2.29. The summed E-state index contributed by atoms with van der Waals surface area (Å²) in [7, 11) is 0. The average molecular weight is 392 g/mol. The highest BCUT2D eigenvalue weighted by molar-refractivity contribution is 6.06. The van der Waals surface area contributed by atoms with Crippen molar-refractivity contribution in [3.8, 4) is 11.5 Å². The quantitative estimate of drug-likeness (QED) is 0.444. The van der Waals surface area contributed by atoms with Crippen molar-refractivity contribution >= 4 is 11.9 Å². The zero-order valence-corrected chi connectivity index (χ0v) is 16.5. The summed E-state index contributed by atoms with van der Waals surface area (Å²) in [5.41, 5.74) is 2.70. The third-order valence-electron chi connectivity index (χ3n) is 3.69. The van der Waals surface area contributed by atoms with Gasteiger partial charge in [-0.2, -0.15) is 0 Å². The molecule has 0 aromatic heterocycles. The maximum absolute atomic E-state index is 12.3. The molecule has 2 aromatic rings. The van der Waals surface area contributed by atoms with Crippen LogP contribution in [0.5, 0.6) is 11.5 Å². The molecule has 0 fully saturated rings. The number of ether oxygens (including phenoxy) is 2. The molecule has 0 bridgehead atoms. The van der Waals surface area contributed by atoms with Crippen LogP contribution in [0.3, 0.4) is 0 Å². The Kier molecular flexibility index (Phi) is 6.22. The zero-order valence-electron chi connectivity index (χ0n) is 16.5. The number of halogens is 3. The van der Waals surface area contributed by atoms with Gasteiger partial charge in [0.05, 0.1) is 0 Å². The molecule has 0 saturated heterocycles. The van der Waals surface area contributed by atoms with Crippen molar-refractivity contribution in [2.75, 3.05) is 0 Å². The van der Waals surface area contributed by atoms with E-state index in [1.807, 2.05) is 46.8 Å². The van der Waals surface area contributed by atoms with E-state index in [9.17, 15) is 18.0 Å². The minimum absolute atomic E-state index is 0.270. The molecule has 28 heavy (non-hydrogen) atoms. The minimum Gasteiger partial charge on any atom is -0.488 e. The smallest absolute Gasteiger partial charge is 0.488 e. The summed E-state index contributed by atoms with van der Waals surface area (Å²) in [4.78, 5) is 12.3. The number of allylic oxidation sites excluding steroid dienone is 1. The summed E-state index contributed by atoms with van der Waals surface area (Å²) in [5.74, 6) is 0.133. The zero-order chi connectivity index (χ0) is 21.1. The standard InChI is InChI=1S/C22H23F3O3/c1-14-12-16(13-15(2)20(14)28-21(3,4)5)6-11-19(26)17-7-9-18(10-8-17)27-22(23,24)25/h6-13H,1-5H3. The van der Waals surface area contributed by atoms with Gasteiger partial charge in [0.1, 0.15) is 17.1 Å². The number of hydrogen-bond acceptors (Lipinski definition) is 3. The second-order valence-corrected chi connectivity index (χ2v) is 7.47. The number of ketones is 1. The highest BCUT2D eigenvalue weighted by atomic mass is 19.4. The van der Waals surface area contributed by atoms with Crippen LogP contribution in [-0.4, -0.2) is 17.7 Å². The van der Waals surface area contributed by atoms with Crippen LogP contribution >= 0.6 is 0 Å². The third kappa shape index (κ3) is 6.44. The lowest BCUT2D eigenvalue weighted by Crippen LogP contribution is -2.24. The molecule has 150 valence electrons. The molecule has 0 spiro atoms. The van der Waals surface area contributed by atoms with Crippen LogP contribution in [0.1, 0.15) is 47.8 Å². The Bertz CT molecular complexity index is 850. The maximum Gasteiger partial charge on any atom is 0.573 e. The molecule has 0 aliphatic rings. The molecule has 2 aromatic carbocycles. The lowest BCUT2D eigenvalue weighted by molar-refractivity contribution is -0.274. The first-order valence-electron chi connectivity index (χ1n) is 8.72. The molecule has 0 heterocycles. The van der Waals surface area contributed by atoms with E-state index in [0.717, 1.165) is 34.6 Å². The van der Waals surface area contributed by atoms with Crippen LogP contribution in [0.25, 0.3) is 6.08 Å². The van der Waals surface area contributed by atoms with E-state index in [0.29, 0.717) is 0 Å². The lowest BCUT2D eigenvalue weighted by Gasteiger charge is -2.24. The van der Waals surface area contributed by atoms with Crippen molar-refractivity contribution in [1.29, 1.82) is 0 Å². The van der Waals surface area contributed by atoms with Gasteiger partial charge >= 0.3 is 6.36 Å². The highest BCUT2D eigenvalue weighted by Gasteiger charge is 2.31. The predicted octanol–water partition coefficient (Wildman–Crippen LogP) is 6.28. The molecular weight excluding hydrogens is 369 g/mol. The van der Waals surface area contributed by atoms with E-state index >= 15 is 0 Å². The molecule has 0 saturated carbocycles. The molecule has 0 aliphatic heterocycles. The average Bonchev–Trinajstić information content (AvgIpc) is 2.54. The SMILES string of the molecule is Cc1cc(C=CC(=O)c2ccc(OC(F)(F)F)cc2)cc(C)c1OC(C)(C)C. The fraction of sp³-hybridized carbons (Fsp3) is 0.318. The summed E-state index contributed by atoms with van der Waals surface area (Å²) in [6, 6.07) is 8.65. The first kappa shape index (κ1) is 21.5. The molecule has 0 atom stereocenters. The number of benzene rings is 2. The molecular formula is C22H23F3O3. The van der Waals surface area contributed by atoms with Crippen LogP contribution < -0.4 is 9.47 Å². The molecule has 0 N–H and O–H groups in total. The van der Waals surface area contributed by atoms with Gasteiger partial charge in [-0.15, -0.1) is 13.2 Å². The van der Waals surface area contributed by atoms with Gasteiger partial charge < -0.3 is 9.47 Å². The summed E-state index contributed by atoms with van der Waals surface area (Å²) < 4.78 is 46.3. The molecule has 0 amide bonds. The van der Waals surface area contributed by atoms with Crippen molar-refractivity contribution in [2.45, 2.75) is 46.6 Å². The van der Waals surface area contributed by atoms with Gasteiger partial charge in [0.25, 0.3) is 0 Å². The predicted molar refractivity (Wildman–Crippen MR) is 103 cm³/mol. The van der Waals surface area contributed by atoms with Crippen LogP contribution in [0.2, 0.25) is 0 Å². The molecule has 0 unspecified atom stereocenters. The van der Waals surface area contributed by atoms with Gasteiger partial charge in [-0.1, -0.05) is 6.08 Å². The fourth-order valence-corrected chi connectivity index (χ4v) is 2.64. The maximum atomic E-state index is 12.3. The van der Waals surface area contributed by atoms with Gasteiger partial charge in [-0.3, -0.25) is 4.79 Å². The third-order valence-corrected chi connectivity index (χ3v) is 3.69. The second kappa shape index (κ2) is 8.09. The van der Waals surface area contributed by atoms with E-state index in [-0.39, 0.29) is 22.7 Å². The van der Waals surface area contributed by atoms with Crippen molar-refractivity contribution in [3.05, 3.63) is 64.7 Å². The second-order valence-electron chi connectivity index (χ2n) is 7.47. The van der Waals surface area contributed by atoms with Crippen molar-refractivity contribution in [1.82, 2.24) is 0 Å². The first-order valence-corrected chi connectivity index (χ1v) is 8.72. The molecule has 3 nitrogen and oxygen atoms in total. The first-order chi connectivity index (χ1) is 12.8. The summed E-state index contributed by atoms with van der Waals surface area (Å²) >= 11 is 0. The van der Waals surface area contributed by atoms with Crippen LogP contribution in [-0.2, 0) is 0 Å². The topological polar surface area (TPSA) is 35.5 Å². The number of carbonyl (C=O) groups excluding carboxylic acids is 1. The Morgan fingerprint density at radius 1 is 0.929 bits per heavy atom. The van der Waals surface area contributed by atoms with Gasteiger partial charge in [0.2, 0.25) is 0 Å². The van der Waals surface area contributed by atoms with Crippen LogP contribution in [0.4, 0.5) is 13.2 Å². The van der Waals surface area contributed by atoms with Gasteiger partial charge in [0.15, 0.2) is 5.78 Å². The molecule has 2 rings (SSSR count). The Morgan fingerprint density at radius 2 is 1.46 bits per heavy atom. The minimum atomic E-state index is -4.76. The van der Waals surface area contributed by atoms with Gasteiger partial charge in [0, 0.05) is 5.56 Å². The normalized spacial score (nSPS) is 12.3. The Hall–Kier alpha value is -2.76. The monoisotopic (exact) mass is 392 g/mol. The fourth-order valence-electron chi connectivity index (χ4n) is 2.64. The number of hydrogen-bond donors (Lipinski definition) is 0. The number of alkyl halides is 3. The summed E-state index contributed by atoms with van der Waals surface area (Å²) in [5, 5.41) is 0. The van der Waals surface area contributed by atoms with Gasteiger partial charge in [-0.05, 0) is 93.8 Å². The number of carbonyl (C=O) groups is 1. The van der Waals surface area contributed by atoms with Crippen molar-refractivity contribution in [2.24, 2.45) is 0 Å². The van der Waals surface area contributed by atoms with E-state index < -0.39 is 6.36 Å². The summed E-state index contributed by atoms with van der Waals surface area (Å²) in [6.45, 7) is 9.80. The van der Waals surface area contributed by atoms with E-state index in [1.54, 1.807) is 6.08 Å². The number of rotatable bonds is 5. The van der Waals surface area contributed by atoms with Gasteiger partial charge in [-0.25, -0.2) is 0 Å².